The minimum atomic E-state index is -0.416. The third-order valence-electron chi connectivity index (χ3n) is 4.65. The fourth-order valence-corrected chi connectivity index (χ4v) is 4.17. The quantitative estimate of drug-likeness (QED) is 0.416. The van der Waals surface area contributed by atoms with Crippen molar-refractivity contribution < 1.29 is 19.1 Å². The van der Waals surface area contributed by atoms with Crippen molar-refractivity contribution in [1.82, 2.24) is 14.7 Å². The van der Waals surface area contributed by atoms with Crippen molar-refractivity contribution in [3.05, 3.63) is 40.3 Å². The van der Waals surface area contributed by atoms with E-state index in [9.17, 15) is 14.4 Å². The molecule has 0 bridgehead atoms. The third kappa shape index (κ3) is 4.60. The van der Waals surface area contributed by atoms with E-state index in [0.29, 0.717) is 27.9 Å². The number of ether oxygens (including phenoxy) is 1. The molecule has 0 aromatic heterocycles. The molecule has 0 spiro atoms. The minimum Gasteiger partial charge on any atom is -0.465 e. The SMILES string of the molecule is COC(=O)c1ccc(/C=C2\SC(=S)N(CC(=O)N3CCN(C)CC3)C2=O)cc1. The number of likely N-dealkylation sites (N-methyl/N-ethyl adjacent to an activating group) is 1. The Hall–Kier alpha value is -2.23. The smallest absolute Gasteiger partial charge is 0.337 e. The molecule has 0 N–H and O–H groups in total. The molecule has 0 unspecified atom stereocenters. The number of hydrogen-bond donors (Lipinski definition) is 0. The topological polar surface area (TPSA) is 70.2 Å². The molecule has 0 saturated carbocycles. The van der Waals surface area contributed by atoms with Gasteiger partial charge in [0.05, 0.1) is 17.6 Å². The summed E-state index contributed by atoms with van der Waals surface area (Å²) in [7, 11) is 3.34. The highest BCUT2D eigenvalue weighted by molar-refractivity contribution is 8.26. The zero-order valence-corrected chi connectivity index (χ0v) is 17.3. The van der Waals surface area contributed by atoms with Crippen molar-refractivity contribution in [1.29, 1.82) is 0 Å². The molecule has 28 heavy (non-hydrogen) atoms. The minimum absolute atomic E-state index is 0.0347. The second-order valence-electron chi connectivity index (χ2n) is 6.57. The van der Waals surface area contributed by atoms with Crippen LogP contribution in [-0.2, 0) is 14.3 Å². The molecule has 148 valence electrons. The van der Waals surface area contributed by atoms with E-state index < -0.39 is 5.97 Å². The van der Waals surface area contributed by atoms with Gasteiger partial charge in [-0.1, -0.05) is 36.1 Å². The molecule has 3 rings (SSSR count). The van der Waals surface area contributed by atoms with Crippen LogP contribution in [0.25, 0.3) is 6.08 Å². The third-order valence-corrected chi connectivity index (χ3v) is 6.03. The second-order valence-corrected chi connectivity index (χ2v) is 8.24. The first-order valence-electron chi connectivity index (χ1n) is 8.79. The van der Waals surface area contributed by atoms with Gasteiger partial charge in [-0.05, 0) is 30.8 Å². The van der Waals surface area contributed by atoms with Gasteiger partial charge in [-0.3, -0.25) is 14.5 Å². The van der Waals surface area contributed by atoms with Gasteiger partial charge < -0.3 is 14.5 Å². The molecule has 2 amide bonds. The molecule has 1 aromatic carbocycles. The maximum absolute atomic E-state index is 12.7. The summed E-state index contributed by atoms with van der Waals surface area (Å²) in [4.78, 5) is 42.5. The Morgan fingerprint density at radius 2 is 1.82 bits per heavy atom. The lowest BCUT2D eigenvalue weighted by atomic mass is 10.1. The fraction of sp³-hybridized carbons (Fsp3) is 0.368. The van der Waals surface area contributed by atoms with Crippen LogP contribution in [0.15, 0.2) is 29.2 Å². The Bertz CT molecular complexity index is 830. The molecule has 1 aromatic rings. The summed E-state index contributed by atoms with van der Waals surface area (Å²) in [6, 6.07) is 6.73. The maximum Gasteiger partial charge on any atom is 0.337 e. The predicted octanol–water partition coefficient (Wildman–Crippen LogP) is 1.45. The Morgan fingerprint density at radius 3 is 2.43 bits per heavy atom. The lowest BCUT2D eigenvalue weighted by Gasteiger charge is -2.33. The van der Waals surface area contributed by atoms with E-state index in [4.69, 9.17) is 12.2 Å². The largest absolute Gasteiger partial charge is 0.465 e. The molecule has 9 heteroatoms. The lowest BCUT2D eigenvalue weighted by Crippen LogP contribution is -2.50. The molecule has 2 aliphatic rings. The number of thioether (sulfide) groups is 1. The van der Waals surface area contributed by atoms with Gasteiger partial charge in [0, 0.05) is 26.2 Å². The van der Waals surface area contributed by atoms with Crippen LogP contribution in [0.5, 0.6) is 0 Å². The van der Waals surface area contributed by atoms with Gasteiger partial charge in [0.2, 0.25) is 5.91 Å². The first kappa shape index (κ1) is 20.5. The molecular formula is C19H21N3O4S2. The number of carbonyl (C=O) groups is 3. The fourth-order valence-electron chi connectivity index (χ4n) is 2.91. The Kier molecular flexibility index (Phi) is 6.48. The highest BCUT2D eigenvalue weighted by atomic mass is 32.2. The van der Waals surface area contributed by atoms with Crippen molar-refractivity contribution >= 4 is 52.2 Å². The monoisotopic (exact) mass is 419 g/mol. The number of thiocarbonyl (C=S) groups is 1. The molecule has 7 nitrogen and oxygen atoms in total. The van der Waals surface area contributed by atoms with Crippen molar-refractivity contribution in [3.8, 4) is 0 Å². The van der Waals surface area contributed by atoms with Gasteiger partial charge in [0.15, 0.2) is 0 Å². The van der Waals surface area contributed by atoms with Gasteiger partial charge in [-0.2, -0.15) is 0 Å². The first-order chi connectivity index (χ1) is 13.4. The average Bonchev–Trinajstić information content (AvgIpc) is 2.95. The molecule has 0 aliphatic carbocycles. The van der Waals surface area contributed by atoms with E-state index in [2.05, 4.69) is 9.64 Å². The van der Waals surface area contributed by atoms with E-state index in [1.807, 2.05) is 7.05 Å². The number of methoxy groups -OCH3 is 1. The zero-order chi connectivity index (χ0) is 20.3. The number of carbonyl (C=O) groups excluding carboxylic acids is 3. The van der Waals surface area contributed by atoms with Crippen LogP contribution in [0, 0.1) is 0 Å². The summed E-state index contributed by atoms with van der Waals surface area (Å²) < 4.78 is 5.05. The van der Waals surface area contributed by atoms with Gasteiger partial charge in [-0.25, -0.2) is 4.79 Å². The Balaban J connectivity index is 1.66. The number of esters is 1. The summed E-state index contributed by atoms with van der Waals surface area (Å²) in [5, 5.41) is 0. The molecule has 0 atom stereocenters. The van der Waals surface area contributed by atoms with Crippen LogP contribution in [0.2, 0.25) is 0 Å². The predicted molar refractivity (Wildman–Crippen MR) is 112 cm³/mol. The standard InChI is InChI=1S/C19H21N3O4S2/c1-20-7-9-21(10-8-20)16(23)12-22-17(24)15(28-19(22)27)11-13-3-5-14(6-4-13)18(25)26-2/h3-6,11H,7-10,12H2,1-2H3/b15-11-. The normalized spacial score (nSPS) is 19.4. The van der Waals surface area contributed by atoms with Crippen molar-refractivity contribution in [3.63, 3.8) is 0 Å². The van der Waals surface area contributed by atoms with Gasteiger partial charge in [-0.15, -0.1) is 0 Å². The summed E-state index contributed by atoms with van der Waals surface area (Å²) in [6.45, 7) is 2.93. The van der Waals surface area contributed by atoms with E-state index >= 15 is 0 Å². The lowest BCUT2D eigenvalue weighted by molar-refractivity contribution is -0.136. The summed E-state index contributed by atoms with van der Waals surface area (Å²) in [5.74, 6) is -0.775. The highest BCUT2D eigenvalue weighted by Crippen LogP contribution is 2.32. The molecule has 2 fully saturated rings. The van der Waals surface area contributed by atoms with Gasteiger partial charge in [0.1, 0.15) is 10.9 Å². The van der Waals surface area contributed by atoms with Crippen LogP contribution < -0.4 is 0 Å². The number of benzene rings is 1. The number of hydrogen-bond acceptors (Lipinski definition) is 7. The van der Waals surface area contributed by atoms with E-state index in [1.165, 1.54) is 23.8 Å². The maximum atomic E-state index is 12.7. The molecule has 2 aliphatic heterocycles. The van der Waals surface area contributed by atoms with Crippen LogP contribution in [-0.4, -0.2) is 83.7 Å². The molecule has 2 saturated heterocycles. The highest BCUT2D eigenvalue weighted by Gasteiger charge is 2.34. The van der Waals surface area contributed by atoms with Gasteiger partial charge in [0.25, 0.3) is 5.91 Å². The Labute approximate surface area is 173 Å². The first-order valence-corrected chi connectivity index (χ1v) is 10.0. The van der Waals surface area contributed by atoms with Crippen LogP contribution in [0.1, 0.15) is 15.9 Å². The number of nitrogens with zero attached hydrogens (tertiary/aromatic N) is 3. The van der Waals surface area contributed by atoms with Crippen LogP contribution in [0.4, 0.5) is 0 Å². The molecular weight excluding hydrogens is 398 g/mol. The summed E-state index contributed by atoms with van der Waals surface area (Å²) >= 11 is 6.49. The molecule has 2 heterocycles. The second kappa shape index (κ2) is 8.85. The van der Waals surface area contributed by atoms with Crippen LogP contribution in [0.3, 0.4) is 0 Å². The molecule has 0 radical (unpaired) electrons. The van der Waals surface area contributed by atoms with Crippen molar-refractivity contribution in [2.24, 2.45) is 0 Å². The summed E-state index contributed by atoms with van der Waals surface area (Å²) in [6.07, 6.45) is 1.71. The van der Waals surface area contributed by atoms with E-state index in [1.54, 1.807) is 35.2 Å². The zero-order valence-electron chi connectivity index (χ0n) is 15.7. The number of amides is 2. The van der Waals surface area contributed by atoms with Crippen LogP contribution >= 0.6 is 24.0 Å². The van der Waals surface area contributed by atoms with Crippen molar-refractivity contribution in [2.75, 3.05) is 46.9 Å². The Morgan fingerprint density at radius 1 is 1.18 bits per heavy atom. The number of rotatable bonds is 4. The van der Waals surface area contributed by atoms with E-state index in [-0.39, 0.29) is 18.4 Å². The van der Waals surface area contributed by atoms with E-state index in [0.717, 1.165) is 18.7 Å². The average molecular weight is 420 g/mol. The van der Waals surface area contributed by atoms with Gasteiger partial charge >= 0.3 is 5.97 Å². The van der Waals surface area contributed by atoms with Crippen molar-refractivity contribution in [2.45, 2.75) is 0 Å². The number of piperazine rings is 1. The summed E-state index contributed by atoms with van der Waals surface area (Å²) in [5.41, 5.74) is 1.20.